The molecule has 4 rings (SSSR count). The normalized spacial score (nSPS) is 19.1. The van der Waals surface area contributed by atoms with E-state index in [9.17, 15) is 27.1 Å². The highest BCUT2D eigenvalue weighted by Gasteiger charge is 2.40. The first-order valence-corrected chi connectivity index (χ1v) is 13.4. The van der Waals surface area contributed by atoms with Gasteiger partial charge in [0, 0.05) is 17.5 Å². The number of aromatic nitrogens is 3. The molecule has 0 amide bonds. The van der Waals surface area contributed by atoms with Crippen LogP contribution in [0.5, 0.6) is 0 Å². The summed E-state index contributed by atoms with van der Waals surface area (Å²) in [5.74, 6) is -5.83. The lowest BCUT2D eigenvalue weighted by Crippen LogP contribution is -2.42. The number of hydrogen-bond acceptors (Lipinski definition) is 7. The number of carbonyl (C=O) groups is 2. The Morgan fingerprint density at radius 1 is 1.04 bits per heavy atom. The Kier molecular flexibility index (Phi) is 12.1. The van der Waals surface area contributed by atoms with Crippen LogP contribution in [-0.4, -0.2) is 61.5 Å². The van der Waals surface area contributed by atoms with E-state index in [4.69, 9.17) is 29.3 Å². The summed E-state index contributed by atoms with van der Waals surface area (Å²) in [6, 6.07) is 7.90. The summed E-state index contributed by atoms with van der Waals surface area (Å²) >= 11 is 0. The van der Waals surface area contributed by atoms with E-state index >= 15 is 0 Å². The highest BCUT2D eigenvalue weighted by Crippen LogP contribution is 2.38. The summed E-state index contributed by atoms with van der Waals surface area (Å²) in [5, 5.41) is 30.5. The lowest BCUT2D eigenvalue weighted by Gasteiger charge is -2.38. The smallest absolute Gasteiger partial charge is 0.416 e. The fraction of sp³-hybridized carbons (Fsp3) is 0.333. The Morgan fingerprint density at radius 2 is 1.69 bits per heavy atom. The van der Waals surface area contributed by atoms with E-state index in [0.29, 0.717) is 25.2 Å². The molecular formula is C30H30F5N3O7. The van der Waals surface area contributed by atoms with E-state index in [1.54, 1.807) is 31.2 Å². The minimum atomic E-state index is -4.37. The van der Waals surface area contributed by atoms with Crippen molar-refractivity contribution in [3.63, 3.8) is 0 Å². The van der Waals surface area contributed by atoms with Crippen molar-refractivity contribution in [2.75, 3.05) is 13.2 Å². The fourth-order valence-corrected chi connectivity index (χ4v) is 4.51. The van der Waals surface area contributed by atoms with Gasteiger partial charge in [-0.25, -0.2) is 28.0 Å². The highest BCUT2D eigenvalue weighted by atomic mass is 19.4. The number of halogens is 5. The Bertz CT molecular complexity index is 1460. The molecule has 0 saturated carbocycles. The Labute approximate surface area is 254 Å². The number of benzene rings is 2. The first-order chi connectivity index (χ1) is 21.2. The molecule has 45 heavy (non-hydrogen) atoms. The summed E-state index contributed by atoms with van der Waals surface area (Å²) in [6.45, 7) is 2.35. The van der Waals surface area contributed by atoms with Crippen LogP contribution in [0.4, 0.5) is 22.0 Å². The SMILES string of the molecule is C[C@@H](CC1COC(/C=C/C=C/c2ccc(C(F)(F)F)cc2)OC1)[C@](O)(Cn1cncn1)c1ccc(F)cc1F.O=C(O)C(=O)O. The topological polar surface area (TPSA) is 144 Å². The van der Waals surface area contributed by atoms with Crippen LogP contribution in [-0.2, 0) is 37.4 Å². The number of allylic oxidation sites excluding steroid dienone is 2. The number of carboxylic acid groups (broad SMARTS) is 2. The summed E-state index contributed by atoms with van der Waals surface area (Å²) in [6.07, 6.45) is 4.84. The third-order valence-corrected chi connectivity index (χ3v) is 6.85. The van der Waals surface area contributed by atoms with Crippen LogP contribution in [0.2, 0.25) is 0 Å². The Morgan fingerprint density at radius 3 is 2.22 bits per heavy atom. The quantitative estimate of drug-likeness (QED) is 0.169. The first-order valence-electron chi connectivity index (χ1n) is 13.4. The summed E-state index contributed by atoms with van der Waals surface area (Å²) in [4.78, 5) is 22.1. The average Bonchev–Trinajstić information content (AvgIpc) is 3.49. The van der Waals surface area contributed by atoms with Gasteiger partial charge in [0.25, 0.3) is 0 Å². The molecule has 3 aromatic rings. The summed E-state index contributed by atoms with van der Waals surface area (Å²) < 4.78 is 79.2. The van der Waals surface area contributed by atoms with Crippen LogP contribution in [0.15, 0.2) is 73.3 Å². The van der Waals surface area contributed by atoms with Crippen LogP contribution in [0.25, 0.3) is 6.08 Å². The molecule has 1 aromatic heterocycles. The van der Waals surface area contributed by atoms with Crippen LogP contribution >= 0.6 is 0 Å². The van der Waals surface area contributed by atoms with Crippen molar-refractivity contribution in [1.29, 1.82) is 0 Å². The maximum Gasteiger partial charge on any atom is 0.416 e. The highest BCUT2D eigenvalue weighted by molar-refractivity contribution is 6.27. The number of carboxylic acids is 2. The molecule has 242 valence electrons. The van der Waals surface area contributed by atoms with Gasteiger partial charge in [-0.3, -0.25) is 0 Å². The van der Waals surface area contributed by atoms with Crippen molar-refractivity contribution in [3.05, 3.63) is 102 Å². The first kappa shape index (κ1) is 35.0. The minimum absolute atomic E-state index is 0.0369. The van der Waals surface area contributed by atoms with E-state index in [1.165, 1.54) is 35.5 Å². The number of rotatable bonds is 9. The zero-order valence-electron chi connectivity index (χ0n) is 23.8. The lowest BCUT2D eigenvalue weighted by atomic mass is 9.77. The standard InChI is InChI=1S/C28H28F5N3O3.C2H2O4/c1-19(27(37,16-36-18-34-17-35-36)24-11-10-23(29)13-25(24)30)12-21-14-38-26(39-15-21)5-3-2-4-20-6-8-22(9-7-20)28(31,32)33;3-1(4)2(5)6/h2-11,13,17-19,21,26,37H,12,14-16H2,1H3;(H,3,4)(H,5,6)/b4-2+,5-3+;/t19-,21?,26?,27+;/m0./s1. The van der Waals surface area contributed by atoms with Crippen LogP contribution in [0, 0.1) is 23.5 Å². The van der Waals surface area contributed by atoms with Crippen LogP contribution in [0.3, 0.4) is 0 Å². The zero-order chi connectivity index (χ0) is 33.2. The number of nitrogens with zero attached hydrogens (tertiary/aromatic N) is 3. The average molecular weight is 640 g/mol. The second kappa shape index (κ2) is 15.5. The predicted octanol–water partition coefficient (Wildman–Crippen LogP) is 4.90. The molecule has 0 spiro atoms. The van der Waals surface area contributed by atoms with Crippen LogP contribution < -0.4 is 0 Å². The third-order valence-electron chi connectivity index (χ3n) is 6.85. The molecule has 15 heteroatoms. The maximum absolute atomic E-state index is 14.7. The van der Waals surface area contributed by atoms with Gasteiger partial charge in [0.15, 0.2) is 6.29 Å². The number of aliphatic hydroxyl groups is 1. The van der Waals surface area contributed by atoms with Gasteiger partial charge in [0.05, 0.1) is 25.3 Å². The summed E-state index contributed by atoms with van der Waals surface area (Å²) in [5.41, 5.74) is -1.83. The summed E-state index contributed by atoms with van der Waals surface area (Å²) in [7, 11) is 0. The van der Waals surface area contributed by atoms with E-state index < -0.39 is 53.1 Å². The molecule has 2 atom stereocenters. The van der Waals surface area contributed by atoms with Crippen molar-refractivity contribution >= 4 is 18.0 Å². The molecule has 2 aromatic carbocycles. The van der Waals surface area contributed by atoms with Crippen molar-refractivity contribution < 1.29 is 56.3 Å². The molecular weight excluding hydrogens is 609 g/mol. The molecule has 1 fully saturated rings. The molecule has 0 aliphatic carbocycles. The number of hydrogen-bond donors (Lipinski definition) is 3. The number of aliphatic carboxylic acids is 2. The Balaban J connectivity index is 0.000000838. The van der Waals surface area contributed by atoms with Gasteiger partial charge in [-0.2, -0.15) is 18.3 Å². The molecule has 1 aliphatic rings. The van der Waals surface area contributed by atoms with Gasteiger partial charge < -0.3 is 24.8 Å². The Hall–Kier alpha value is -4.47. The molecule has 0 bridgehead atoms. The second-order valence-electron chi connectivity index (χ2n) is 10.2. The third kappa shape index (κ3) is 10.3. The monoisotopic (exact) mass is 639 g/mol. The molecule has 10 nitrogen and oxygen atoms in total. The molecule has 0 unspecified atom stereocenters. The van der Waals surface area contributed by atoms with Crippen molar-refractivity contribution in [3.8, 4) is 0 Å². The fourth-order valence-electron chi connectivity index (χ4n) is 4.51. The van der Waals surface area contributed by atoms with E-state index in [-0.39, 0.29) is 18.0 Å². The molecule has 3 N–H and O–H groups in total. The molecule has 0 radical (unpaired) electrons. The van der Waals surface area contributed by atoms with Gasteiger partial charge in [0.1, 0.15) is 29.9 Å². The van der Waals surface area contributed by atoms with Crippen molar-refractivity contribution in [1.82, 2.24) is 14.8 Å². The predicted molar refractivity (Wildman–Crippen MR) is 148 cm³/mol. The van der Waals surface area contributed by atoms with Gasteiger partial charge in [0.2, 0.25) is 0 Å². The molecule has 1 saturated heterocycles. The molecule has 1 aliphatic heterocycles. The second-order valence-corrected chi connectivity index (χ2v) is 10.2. The van der Waals surface area contributed by atoms with Gasteiger partial charge in [-0.15, -0.1) is 0 Å². The van der Waals surface area contributed by atoms with Gasteiger partial charge >= 0.3 is 18.1 Å². The zero-order valence-corrected chi connectivity index (χ0v) is 23.8. The lowest BCUT2D eigenvalue weighted by molar-refractivity contribution is -0.181. The molecule has 2 heterocycles. The van der Waals surface area contributed by atoms with Crippen LogP contribution in [0.1, 0.15) is 30.0 Å². The minimum Gasteiger partial charge on any atom is -0.473 e. The van der Waals surface area contributed by atoms with E-state index in [1.807, 2.05) is 0 Å². The van der Waals surface area contributed by atoms with Crippen molar-refractivity contribution in [2.24, 2.45) is 11.8 Å². The van der Waals surface area contributed by atoms with Gasteiger partial charge in [-0.05, 0) is 42.2 Å². The maximum atomic E-state index is 14.7. The van der Waals surface area contributed by atoms with E-state index in [0.717, 1.165) is 24.3 Å². The largest absolute Gasteiger partial charge is 0.473 e. The number of alkyl halides is 3. The van der Waals surface area contributed by atoms with Crippen molar-refractivity contribution in [2.45, 2.75) is 38.0 Å². The number of ether oxygens (including phenoxy) is 2. The van der Waals surface area contributed by atoms with Gasteiger partial charge in [-0.1, -0.05) is 43.4 Å². The van der Waals surface area contributed by atoms with E-state index in [2.05, 4.69) is 10.1 Å².